The Kier molecular flexibility index (Phi) is 8.97. The Balaban J connectivity index is 1.77. The van der Waals surface area contributed by atoms with Crippen LogP contribution in [0.4, 0.5) is 5.69 Å². The van der Waals surface area contributed by atoms with Crippen molar-refractivity contribution >= 4 is 11.7 Å². The van der Waals surface area contributed by atoms with Crippen LogP contribution in [-0.4, -0.2) is 98.3 Å². The van der Waals surface area contributed by atoms with Gasteiger partial charge in [-0.25, -0.2) is 0 Å². The molecule has 2 aliphatic rings. The lowest BCUT2D eigenvalue weighted by Gasteiger charge is -2.51. The van der Waals surface area contributed by atoms with Crippen LogP contribution in [-0.2, 0) is 9.53 Å². The van der Waals surface area contributed by atoms with E-state index in [1.807, 2.05) is 6.92 Å². The number of benzene rings is 1. The van der Waals surface area contributed by atoms with Gasteiger partial charge in [-0.3, -0.25) is 19.5 Å². The summed E-state index contributed by atoms with van der Waals surface area (Å²) in [7, 11) is 0. The van der Waals surface area contributed by atoms with Gasteiger partial charge in [0.1, 0.15) is 0 Å². The zero-order valence-electron chi connectivity index (χ0n) is 19.1. The van der Waals surface area contributed by atoms with E-state index in [2.05, 4.69) is 63.8 Å². The van der Waals surface area contributed by atoms with Gasteiger partial charge < -0.3 is 9.64 Å². The van der Waals surface area contributed by atoms with Crippen molar-refractivity contribution in [1.82, 2.24) is 14.7 Å². The van der Waals surface area contributed by atoms with Gasteiger partial charge in [0.25, 0.3) is 0 Å². The number of rotatable bonds is 9. The average molecular weight is 417 g/mol. The molecule has 6 nitrogen and oxygen atoms in total. The molecule has 0 N–H and O–H groups in total. The zero-order chi connectivity index (χ0) is 21.3. The van der Waals surface area contributed by atoms with Gasteiger partial charge in [0.15, 0.2) is 0 Å². The van der Waals surface area contributed by atoms with Crippen LogP contribution >= 0.6 is 0 Å². The van der Waals surface area contributed by atoms with Crippen molar-refractivity contribution in [3.63, 3.8) is 0 Å². The van der Waals surface area contributed by atoms with Crippen LogP contribution in [0.1, 0.15) is 33.6 Å². The molecule has 0 spiro atoms. The molecule has 1 aromatic rings. The van der Waals surface area contributed by atoms with Crippen molar-refractivity contribution in [2.75, 3.05) is 70.4 Å². The van der Waals surface area contributed by atoms with Crippen molar-refractivity contribution in [2.24, 2.45) is 0 Å². The predicted molar refractivity (Wildman–Crippen MR) is 123 cm³/mol. The fourth-order valence-electron chi connectivity index (χ4n) is 5.02. The van der Waals surface area contributed by atoms with Crippen LogP contribution < -0.4 is 4.90 Å². The highest BCUT2D eigenvalue weighted by molar-refractivity contribution is 5.71. The maximum atomic E-state index is 12.1. The summed E-state index contributed by atoms with van der Waals surface area (Å²) in [6.07, 6.45) is 2.34. The van der Waals surface area contributed by atoms with E-state index in [4.69, 9.17) is 4.74 Å². The van der Waals surface area contributed by atoms with Gasteiger partial charge in [0.05, 0.1) is 13.2 Å². The molecule has 30 heavy (non-hydrogen) atoms. The van der Waals surface area contributed by atoms with Crippen LogP contribution in [0.15, 0.2) is 30.3 Å². The second-order valence-corrected chi connectivity index (χ2v) is 8.53. The van der Waals surface area contributed by atoms with Crippen LogP contribution in [0.2, 0.25) is 0 Å². The minimum Gasteiger partial charge on any atom is -0.465 e. The standard InChI is InChI=1S/C24H40N4O2/c1-4-12-26-15-14-25(20-24(29)30-6-3)18-22(26)23-19-28(17-16-27(23)13-5-2)21-10-8-7-9-11-21/h7-11,22-23H,4-6,12-20H2,1-3H3. The van der Waals surface area contributed by atoms with Crippen LogP contribution in [0.25, 0.3) is 0 Å². The minimum atomic E-state index is -0.0971. The van der Waals surface area contributed by atoms with Crippen molar-refractivity contribution in [1.29, 1.82) is 0 Å². The molecular formula is C24H40N4O2. The maximum absolute atomic E-state index is 12.1. The number of hydrogen-bond donors (Lipinski definition) is 0. The smallest absolute Gasteiger partial charge is 0.320 e. The molecule has 0 aromatic heterocycles. The van der Waals surface area contributed by atoms with Crippen LogP contribution in [0.5, 0.6) is 0 Å². The number of para-hydroxylation sites is 1. The van der Waals surface area contributed by atoms with Gasteiger partial charge in [-0.2, -0.15) is 0 Å². The average Bonchev–Trinajstić information content (AvgIpc) is 2.76. The Morgan fingerprint density at radius 3 is 2.17 bits per heavy atom. The molecule has 2 aliphatic heterocycles. The number of carbonyl (C=O) groups is 1. The van der Waals surface area contributed by atoms with Gasteiger partial charge >= 0.3 is 5.97 Å². The SMILES string of the molecule is CCCN1CCN(CC(=O)OCC)CC1C1CN(c2ccccc2)CCN1CCC. The number of hydrogen-bond acceptors (Lipinski definition) is 6. The monoisotopic (exact) mass is 416 g/mol. The first kappa shape index (κ1) is 23.0. The minimum absolute atomic E-state index is 0.0971. The first-order valence-corrected chi connectivity index (χ1v) is 11.8. The highest BCUT2D eigenvalue weighted by Gasteiger charge is 2.39. The fourth-order valence-corrected chi connectivity index (χ4v) is 5.02. The molecule has 0 saturated carbocycles. The van der Waals surface area contributed by atoms with Crippen molar-refractivity contribution < 1.29 is 9.53 Å². The van der Waals surface area contributed by atoms with E-state index >= 15 is 0 Å². The quantitative estimate of drug-likeness (QED) is 0.576. The maximum Gasteiger partial charge on any atom is 0.320 e. The highest BCUT2D eigenvalue weighted by Crippen LogP contribution is 2.25. The second-order valence-electron chi connectivity index (χ2n) is 8.53. The van der Waals surface area contributed by atoms with Gasteiger partial charge in [0.2, 0.25) is 0 Å². The normalized spacial score (nSPS) is 24.2. The third-order valence-corrected chi connectivity index (χ3v) is 6.40. The number of anilines is 1. The summed E-state index contributed by atoms with van der Waals surface area (Å²) in [5.74, 6) is -0.0971. The highest BCUT2D eigenvalue weighted by atomic mass is 16.5. The van der Waals surface area contributed by atoms with E-state index in [9.17, 15) is 4.79 Å². The lowest BCUT2D eigenvalue weighted by atomic mass is 9.97. The molecule has 2 saturated heterocycles. The number of carbonyl (C=O) groups excluding carboxylic acids is 1. The first-order valence-electron chi connectivity index (χ1n) is 11.8. The molecule has 2 heterocycles. The van der Waals surface area contributed by atoms with E-state index in [-0.39, 0.29) is 5.97 Å². The number of piperazine rings is 2. The van der Waals surface area contributed by atoms with E-state index in [0.29, 0.717) is 25.2 Å². The molecule has 0 aliphatic carbocycles. The van der Waals surface area contributed by atoms with Gasteiger partial charge in [-0.15, -0.1) is 0 Å². The summed E-state index contributed by atoms with van der Waals surface area (Å²) < 4.78 is 5.22. The van der Waals surface area contributed by atoms with E-state index in [0.717, 1.165) is 58.8 Å². The third kappa shape index (κ3) is 5.96. The summed E-state index contributed by atoms with van der Waals surface area (Å²) in [6, 6.07) is 11.7. The van der Waals surface area contributed by atoms with E-state index in [1.165, 1.54) is 12.1 Å². The molecular weight excluding hydrogens is 376 g/mol. The molecule has 0 radical (unpaired) electrons. The predicted octanol–water partition coefficient (Wildman–Crippen LogP) is 2.55. The Morgan fingerprint density at radius 2 is 1.53 bits per heavy atom. The zero-order valence-corrected chi connectivity index (χ0v) is 19.1. The van der Waals surface area contributed by atoms with Gasteiger partial charge in [-0.05, 0) is 45.0 Å². The Morgan fingerprint density at radius 1 is 0.900 bits per heavy atom. The molecule has 1 aromatic carbocycles. The number of nitrogens with zero attached hydrogens (tertiary/aromatic N) is 4. The van der Waals surface area contributed by atoms with Crippen LogP contribution in [0, 0.1) is 0 Å². The van der Waals surface area contributed by atoms with Crippen LogP contribution in [0.3, 0.4) is 0 Å². The molecule has 0 amide bonds. The van der Waals surface area contributed by atoms with Gasteiger partial charge in [0, 0.05) is 57.0 Å². The topological polar surface area (TPSA) is 39.3 Å². The lowest BCUT2D eigenvalue weighted by molar-refractivity contribution is -0.145. The largest absolute Gasteiger partial charge is 0.465 e. The summed E-state index contributed by atoms with van der Waals surface area (Å²) >= 11 is 0. The number of esters is 1. The molecule has 2 atom stereocenters. The summed E-state index contributed by atoms with van der Waals surface area (Å²) in [4.78, 5) is 22.3. The molecule has 168 valence electrons. The molecule has 3 rings (SSSR count). The van der Waals surface area contributed by atoms with Crippen molar-refractivity contribution in [3.8, 4) is 0 Å². The fraction of sp³-hybridized carbons (Fsp3) is 0.708. The molecule has 2 fully saturated rings. The van der Waals surface area contributed by atoms with E-state index in [1.54, 1.807) is 0 Å². The summed E-state index contributed by atoms with van der Waals surface area (Å²) in [5, 5.41) is 0. The number of ether oxygens (including phenoxy) is 1. The Bertz CT molecular complexity index is 641. The van der Waals surface area contributed by atoms with Crippen molar-refractivity contribution in [3.05, 3.63) is 30.3 Å². The second kappa shape index (κ2) is 11.7. The summed E-state index contributed by atoms with van der Waals surface area (Å²) in [5.41, 5.74) is 1.32. The van der Waals surface area contributed by atoms with Crippen molar-refractivity contribution in [2.45, 2.75) is 45.7 Å². The first-order chi connectivity index (χ1) is 14.7. The molecule has 6 heteroatoms. The van der Waals surface area contributed by atoms with Gasteiger partial charge in [-0.1, -0.05) is 32.0 Å². The Hall–Kier alpha value is -1.63. The molecule has 0 bridgehead atoms. The summed E-state index contributed by atoms with van der Waals surface area (Å²) in [6.45, 7) is 15.7. The lowest BCUT2D eigenvalue weighted by Crippen LogP contribution is -2.67. The third-order valence-electron chi connectivity index (χ3n) is 6.40. The Labute approximate surface area is 182 Å². The molecule has 2 unspecified atom stereocenters. The van der Waals surface area contributed by atoms with E-state index < -0.39 is 0 Å².